The normalized spacial score (nSPS) is 35.4. The molecular formula is C21H29N3O2. The minimum Gasteiger partial charge on any atom is -0.378 e. The Morgan fingerprint density at radius 3 is 2.35 bits per heavy atom. The van der Waals surface area contributed by atoms with E-state index in [1.165, 1.54) is 38.5 Å². The van der Waals surface area contributed by atoms with Crippen molar-refractivity contribution in [3.8, 4) is 0 Å². The first-order valence-corrected chi connectivity index (χ1v) is 10.2. The van der Waals surface area contributed by atoms with Crippen molar-refractivity contribution in [1.82, 2.24) is 5.32 Å². The zero-order valence-corrected chi connectivity index (χ0v) is 15.4. The van der Waals surface area contributed by atoms with Gasteiger partial charge in [0.1, 0.15) is 0 Å². The molecule has 1 saturated heterocycles. The molecule has 5 heteroatoms. The molecule has 0 atom stereocenters. The van der Waals surface area contributed by atoms with Crippen molar-refractivity contribution in [2.24, 2.45) is 17.8 Å². The van der Waals surface area contributed by atoms with Gasteiger partial charge in [0.05, 0.1) is 13.2 Å². The summed E-state index contributed by atoms with van der Waals surface area (Å²) in [6, 6.07) is 8.14. The Kier molecular flexibility index (Phi) is 4.07. The number of morpholine rings is 1. The van der Waals surface area contributed by atoms with Crippen molar-refractivity contribution in [3.05, 3.63) is 24.3 Å². The van der Waals surface area contributed by atoms with Gasteiger partial charge in [-0.25, -0.2) is 4.79 Å². The number of carbonyl (C=O) groups excluding carboxylic acids is 1. The Labute approximate surface area is 155 Å². The van der Waals surface area contributed by atoms with Crippen LogP contribution in [0.5, 0.6) is 0 Å². The Balaban J connectivity index is 1.24. The molecule has 0 aromatic heterocycles. The Morgan fingerprint density at radius 1 is 1.04 bits per heavy atom. The highest BCUT2D eigenvalue weighted by molar-refractivity contribution is 5.90. The summed E-state index contributed by atoms with van der Waals surface area (Å²) in [6.07, 6.45) is 7.72. The van der Waals surface area contributed by atoms with E-state index in [9.17, 15) is 4.79 Å². The van der Waals surface area contributed by atoms with Gasteiger partial charge >= 0.3 is 6.03 Å². The van der Waals surface area contributed by atoms with Crippen LogP contribution in [0.1, 0.15) is 38.5 Å². The first-order chi connectivity index (χ1) is 12.7. The smallest absolute Gasteiger partial charge is 0.319 e. The van der Waals surface area contributed by atoms with Gasteiger partial charge in [0.15, 0.2) is 0 Å². The number of amides is 2. The Bertz CT molecular complexity index is 648. The highest BCUT2D eigenvalue weighted by atomic mass is 16.5. The highest BCUT2D eigenvalue weighted by Gasteiger charge is 2.51. The standard InChI is InChI=1S/C21H29N3O2/c25-20(23-21-12-15-8-16(13-21)10-17(9-15)14-21)22-18-2-1-3-19(11-18)24-4-6-26-7-5-24/h1-3,11,15-17H,4-10,12-14H2,(H2,22,23,25). The number of carbonyl (C=O) groups is 1. The second-order valence-electron chi connectivity index (χ2n) is 8.93. The number of nitrogens with zero attached hydrogens (tertiary/aromatic N) is 1. The van der Waals surface area contributed by atoms with Crippen LogP contribution in [0.2, 0.25) is 0 Å². The highest BCUT2D eigenvalue weighted by Crippen LogP contribution is 2.55. The molecule has 1 heterocycles. The predicted octanol–water partition coefficient (Wildman–Crippen LogP) is 3.61. The van der Waals surface area contributed by atoms with Gasteiger partial charge in [0.25, 0.3) is 0 Å². The van der Waals surface area contributed by atoms with Crippen molar-refractivity contribution in [1.29, 1.82) is 0 Å². The summed E-state index contributed by atoms with van der Waals surface area (Å²) in [5.74, 6) is 2.52. The summed E-state index contributed by atoms with van der Waals surface area (Å²) in [5.41, 5.74) is 2.08. The molecule has 1 aromatic rings. The minimum absolute atomic E-state index is 0.0360. The molecule has 4 aliphatic carbocycles. The van der Waals surface area contributed by atoms with Gasteiger partial charge in [-0.15, -0.1) is 0 Å². The zero-order valence-electron chi connectivity index (χ0n) is 15.4. The third-order valence-electron chi connectivity index (χ3n) is 6.90. The van der Waals surface area contributed by atoms with Gasteiger partial charge in [0.2, 0.25) is 0 Å². The van der Waals surface area contributed by atoms with Gasteiger partial charge in [-0.2, -0.15) is 0 Å². The molecule has 0 unspecified atom stereocenters. The molecule has 0 radical (unpaired) electrons. The van der Waals surface area contributed by atoms with Gasteiger partial charge in [-0.3, -0.25) is 0 Å². The minimum atomic E-state index is -0.0360. The maximum absolute atomic E-state index is 12.7. The lowest BCUT2D eigenvalue weighted by molar-refractivity contribution is -0.0127. The first-order valence-electron chi connectivity index (χ1n) is 10.2. The maximum Gasteiger partial charge on any atom is 0.319 e. The summed E-state index contributed by atoms with van der Waals surface area (Å²) in [4.78, 5) is 15.0. The summed E-state index contributed by atoms with van der Waals surface area (Å²) in [6.45, 7) is 3.35. The lowest BCUT2D eigenvalue weighted by Crippen LogP contribution is -2.60. The molecule has 26 heavy (non-hydrogen) atoms. The number of benzene rings is 1. The van der Waals surface area contributed by atoms with Crippen molar-refractivity contribution in [3.63, 3.8) is 0 Å². The van der Waals surface area contributed by atoms with Gasteiger partial charge < -0.3 is 20.3 Å². The topological polar surface area (TPSA) is 53.6 Å². The molecule has 4 bridgehead atoms. The fraction of sp³-hybridized carbons (Fsp3) is 0.667. The van der Waals surface area contributed by atoms with Crippen LogP contribution in [0.15, 0.2) is 24.3 Å². The van der Waals surface area contributed by atoms with E-state index in [1.54, 1.807) is 0 Å². The summed E-state index contributed by atoms with van der Waals surface area (Å²) in [7, 11) is 0. The second kappa shape index (κ2) is 6.45. The fourth-order valence-corrected chi connectivity index (χ4v) is 6.27. The van der Waals surface area contributed by atoms with E-state index in [1.807, 2.05) is 12.1 Å². The van der Waals surface area contributed by atoms with Crippen molar-refractivity contribution >= 4 is 17.4 Å². The number of ether oxygens (including phenoxy) is 1. The second-order valence-corrected chi connectivity index (χ2v) is 8.93. The number of nitrogens with one attached hydrogen (secondary N) is 2. The monoisotopic (exact) mass is 355 g/mol. The van der Waals surface area contributed by atoms with E-state index < -0.39 is 0 Å². The van der Waals surface area contributed by atoms with Gasteiger partial charge in [0, 0.05) is 30.0 Å². The van der Waals surface area contributed by atoms with Crippen LogP contribution in [0.4, 0.5) is 16.2 Å². The van der Waals surface area contributed by atoms with Crippen molar-refractivity contribution in [2.75, 3.05) is 36.5 Å². The van der Waals surface area contributed by atoms with Crippen LogP contribution >= 0.6 is 0 Å². The molecule has 0 spiro atoms. The van der Waals surface area contributed by atoms with Crippen molar-refractivity contribution < 1.29 is 9.53 Å². The zero-order chi connectivity index (χ0) is 17.6. The van der Waals surface area contributed by atoms with E-state index in [4.69, 9.17) is 4.74 Å². The SMILES string of the molecule is O=C(Nc1cccc(N2CCOCC2)c1)NC12CC3CC(CC(C3)C1)C2. The van der Waals surface area contributed by atoms with Crippen LogP contribution in [0.25, 0.3) is 0 Å². The third-order valence-corrected chi connectivity index (χ3v) is 6.90. The van der Waals surface area contributed by atoms with Gasteiger partial charge in [-0.1, -0.05) is 6.07 Å². The molecule has 140 valence electrons. The largest absolute Gasteiger partial charge is 0.378 e. The van der Waals surface area contributed by atoms with Crippen LogP contribution in [-0.2, 0) is 4.74 Å². The molecule has 2 N–H and O–H groups in total. The molecule has 1 aliphatic heterocycles. The predicted molar refractivity (Wildman–Crippen MR) is 103 cm³/mol. The number of hydrogen-bond acceptors (Lipinski definition) is 3. The van der Waals surface area contributed by atoms with Crippen LogP contribution in [0, 0.1) is 17.8 Å². The number of anilines is 2. The third kappa shape index (κ3) is 3.18. The quantitative estimate of drug-likeness (QED) is 0.871. The van der Waals surface area contributed by atoms with E-state index in [2.05, 4.69) is 27.7 Å². The van der Waals surface area contributed by atoms with Crippen LogP contribution < -0.4 is 15.5 Å². The fourth-order valence-electron chi connectivity index (χ4n) is 6.27. The number of hydrogen-bond donors (Lipinski definition) is 2. The maximum atomic E-state index is 12.7. The molecule has 5 fully saturated rings. The average molecular weight is 355 g/mol. The molecule has 2 amide bonds. The molecule has 5 aliphatic rings. The molecule has 6 rings (SSSR count). The average Bonchev–Trinajstić information content (AvgIpc) is 2.61. The molecular weight excluding hydrogens is 326 g/mol. The van der Waals surface area contributed by atoms with Crippen LogP contribution in [-0.4, -0.2) is 37.9 Å². The van der Waals surface area contributed by atoms with E-state index in [0.29, 0.717) is 0 Å². The summed E-state index contributed by atoms with van der Waals surface area (Å²) >= 11 is 0. The Morgan fingerprint density at radius 2 is 1.69 bits per heavy atom. The lowest BCUT2D eigenvalue weighted by atomic mass is 9.53. The molecule has 1 aromatic carbocycles. The number of urea groups is 1. The van der Waals surface area contributed by atoms with Gasteiger partial charge in [-0.05, 0) is 74.5 Å². The van der Waals surface area contributed by atoms with Crippen molar-refractivity contribution in [2.45, 2.75) is 44.1 Å². The van der Waals surface area contributed by atoms with Crippen LogP contribution in [0.3, 0.4) is 0 Å². The number of rotatable bonds is 3. The molecule has 4 saturated carbocycles. The van der Waals surface area contributed by atoms with E-state index in [0.717, 1.165) is 55.4 Å². The Hall–Kier alpha value is -1.75. The van der Waals surface area contributed by atoms with E-state index in [-0.39, 0.29) is 11.6 Å². The first kappa shape index (κ1) is 16.4. The van der Waals surface area contributed by atoms with E-state index >= 15 is 0 Å². The summed E-state index contributed by atoms with van der Waals surface area (Å²) < 4.78 is 5.43. The summed E-state index contributed by atoms with van der Waals surface area (Å²) in [5, 5.41) is 6.48. The molecule has 5 nitrogen and oxygen atoms in total. The lowest BCUT2D eigenvalue weighted by Gasteiger charge is -2.56.